The van der Waals surface area contributed by atoms with E-state index < -0.39 is 0 Å². The fourth-order valence-electron chi connectivity index (χ4n) is 7.44. The molecule has 0 radical (unpaired) electrons. The lowest BCUT2D eigenvalue weighted by molar-refractivity contribution is 0.669. The SMILES string of the molecule is c1ccc(-c2cccc(N(c3cc4c(oc5cccc(-c6ccccc6)c54)c4ccccc34)c3cccc4c3oc3ccccc34)c2)cc1. The van der Waals surface area contributed by atoms with Crippen molar-refractivity contribution in [3.05, 3.63) is 176 Å². The monoisotopic (exact) mass is 627 g/mol. The Morgan fingerprint density at radius 1 is 0.347 bits per heavy atom. The van der Waals surface area contributed by atoms with Crippen LogP contribution in [0.3, 0.4) is 0 Å². The number of hydrogen-bond donors (Lipinski definition) is 0. The summed E-state index contributed by atoms with van der Waals surface area (Å²) in [5.74, 6) is 0. The van der Waals surface area contributed by atoms with Crippen molar-refractivity contribution in [2.75, 3.05) is 4.90 Å². The number of nitrogens with zero attached hydrogens (tertiary/aromatic N) is 1. The summed E-state index contributed by atoms with van der Waals surface area (Å²) in [5.41, 5.74) is 11.1. The first-order valence-corrected chi connectivity index (χ1v) is 16.6. The average Bonchev–Trinajstić information content (AvgIpc) is 3.75. The van der Waals surface area contributed by atoms with Gasteiger partial charge in [-0.25, -0.2) is 0 Å². The van der Waals surface area contributed by atoms with Gasteiger partial charge < -0.3 is 13.7 Å². The molecule has 3 heteroatoms. The zero-order valence-corrected chi connectivity index (χ0v) is 26.5. The van der Waals surface area contributed by atoms with Crippen LogP contribution in [0.25, 0.3) is 76.9 Å². The van der Waals surface area contributed by atoms with Crippen LogP contribution in [-0.2, 0) is 0 Å². The summed E-state index contributed by atoms with van der Waals surface area (Å²) in [7, 11) is 0. The lowest BCUT2D eigenvalue weighted by Gasteiger charge is -2.27. The zero-order chi connectivity index (χ0) is 32.3. The van der Waals surface area contributed by atoms with Gasteiger partial charge >= 0.3 is 0 Å². The molecule has 8 aromatic carbocycles. The Balaban J connectivity index is 1.33. The molecule has 3 nitrogen and oxygen atoms in total. The van der Waals surface area contributed by atoms with E-state index in [4.69, 9.17) is 8.83 Å². The smallest absolute Gasteiger partial charge is 0.159 e. The third-order valence-corrected chi connectivity index (χ3v) is 9.64. The third kappa shape index (κ3) is 4.37. The van der Waals surface area contributed by atoms with Gasteiger partial charge in [0.25, 0.3) is 0 Å². The van der Waals surface area contributed by atoms with Crippen molar-refractivity contribution in [2.45, 2.75) is 0 Å². The number of anilines is 3. The molecule has 0 saturated carbocycles. The summed E-state index contributed by atoms with van der Waals surface area (Å²) in [6.07, 6.45) is 0. The summed E-state index contributed by atoms with van der Waals surface area (Å²) >= 11 is 0. The van der Waals surface area contributed by atoms with Gasteiger partial charge in [-0.15, -0.1) is 0 Å². The molecule has 2 heterocycles. The molecule has 0 bridgehead atoms. The van der Waals surface area contributed by atoms with Crippen molar-refractivity contribution < 1.29 is 8.83 Å². The molecule has 10 aromatic rings. The number of furan rings is 2. The molecule has 0 saturated heterocycles. The second-order valence-electron chi connectivity index (χ2n) is 12.5. The lowest BCUT2D eigenvalue weighted by atomic mass is 9.97. The maximum atomic E-state index is 6.72. The highest BCUT2D eigenvalue weighted by molar-refractivity contribution is 6.23. The van der Waals surface area contributed by atoms with Crippen LogP contribution in [0, 0.1) is 0 Å². The van der Waals surface area contributed by atoms with Crippen LogP contribution in [0.1, 0.15) is 0 Å². The second-order valence-corrected chi connectivity index (χ2v) is 12.5. The predicted molar refractivity (Wildman–Crippen MR) is 204 cm³/mol. The predicted octanol–water partition coefficient (Wildman–Crippen LogP) is 13.4. The third-order valence-electron chi connectivity index (χ3n) is 9.64. The van der Waals surface area contributed by atoms with Gasteiger partial charge in [0.1, 0.15) is 16.7 Å². The molecule has 230 valence electrons. The van der Waals surface area contributed by atoms with Crippen LogP contribution in [0.15, 0.2) is 185 Å². The maximum absolute atomic E-state index is 6.72. The summed E-state index contributed by atoms with van der Waals surface area (Å²) in [4.78, 5) is 2.36. The normalized spacial score (nSPS) is 11.7. The van der Waals surface area contributed by atoms with Gasteiger partial charge in [-0.3, -0.25) is 0 Å². The minimum Gasteiger partial charge on any atom is -0.455 e. The standard InChI is InChI=1S/C46H29NO2/c1-3-14-30(15-4-1)32-18-11-19-33(28-32)47(40-25-12-24-38-36-21-9-10-26-42(36)48-46(38)40)41-29-39-44-34(31-16-5-2-6-17-31)23-13-27-43(44)49-45(39)37-22-8-7-20-35(37)41/h1-29H. The number of para-hydroxylation sites is 2. The fraction of sp³-hybridized carbons (Fsp3) is 0. The number of benzene rings is 8. The topological polar surface area (TPSA) is 29.5 Å². The van der Waals surface area contributed by atoms with Crippen molar-refractivity contribution >= 4 is 71.7 Å². The minimum absolute atomic E-state index is 0.847. The van der Waals surface area contributed by atoms with Gasteiger partial charge in [0.2, 0.25) is 0 Å². The molecular weight excluding hydrogens is 599 g/mol. The zero-order valence-electron chi connectivity index (χ0n) is 26.5. The molecule has 0 spiro atoms. The van der Waals surface area contributed by atoms with Crippen molar-refractivity contribution in [3.63, 3.8) is 0 Å². The molecule has 0 unspecified atom stereocenters. The molecular formula is C46H29NO2. The van der Waals surface area contributed by atoms with E-state index in [0.717, 1.165) is 88.4 Å². The van der Waals surface area contributed by atoms with Gasteiger partial charge in [0.05, 0.1) is 11.4 Å². The van der Waals surface area contributed by atoms with Crippen molar-refractivity contribution in [1.82, 2.24) is 0 Å². The molecule has 0 aliphatic rings. The van der Waals surface area contributed by atoms with E-state index in [-0.39, 0.29) is 0 Å². The molecule has 10 rings (SSSR count). The molecule has 0 N–H and O–H groups in total. The quantitative estimate of drug-likeness (QED) is 0.190. The van der Waals surface area contributed by atoms with Gasteiger partial charge in [0.15, 0.2) is 5.58 Å². The molecule has 49 heavy (non-hydrogen) atoms. The van der Waals surface area contributed by atoms with E-state index in [1.165, 1.54) is 5.56 Å². The van der Waals surface area contributed by atoms with E-state index in [0.29, 0.717) is 0 Å². The minimum atomic E-state index is 0.847. The maximum Gasteiger partial charge on any atom is 0.159 e. The number of fused-ring (bicyclic) bond motifs is 8. The Labute approximate surface area is 282 Å². The summed E-state index contributed by atoms with van der Waals surface area (Å²) < 4.78 is 13.4. The second kappa shape index (κ2) is 11.0. The van der Waals surface area contributed by atoms with Gasteiger partial charge in [-0.1, -0.05) is 140 Å². The molecule has 0 aliphatic heterocycles. The average molecular weight is 628 g/mol. The molecule has 0 atom stereocenters. The summed E-state index contributed by atoms with van der Waals surface area (Å²) in [6, 6.07) is 61.9. The molecule has 0 amide bonds. The highest BCUT2D eigenvalue weighted by Crippen LogP contribution is 2.48. The Bertz CT molecular complexity index is 2830. The highest BCUT2D eigenvalue weighted by Gasteiger charge is 2.24. The molecule has 2 aromatic heterocycles. The Hall–Kier alpha value is -6.58. The van der Waals surface area contributed by atoms with Gasteiger partial charge in [0, 0.05) is 38.0 Å². The van der Waals surface area contributed by atoms with E-state index in [1.807, 2.05) is 12.1 Å². The van der Waals surface area contributed by atoms with Crippen molar-refractivity contribution in [2.24, 2.45) is 0 Å². The first kappa shape index (κ1) is 27.5. The van der Waals surface area contributed by atoms with E-state index >= 15 is 0 Å². The van der Waals surface area contributed by atoms with Crippen molar-refractivity contribution in [1.29, 1.82) is 0 Å². The largest absolute Gasteiger partial charge is 0.455 e. The first-order chi connectivity index (χ1) is 24.3. The van der Waals surface area contributed by atoms with Crippen LogP contribution in [0.4, 0.5) is 17.1 Å². The summed E-state index contributed by atoms with van der Waals surface area (Å²) in [5, 5.41) is 6.52. The van der Waals surface area contributed by atoms with E-state index in [1.54, 1.807) is 0 Å². The molecule has 0 fully saturated rings. The van der Waals surface area contributed by atoms with E-state index in [9.17, 15) is 0 Å². The van der Waals surface area contributed by atoms with Crippen LogP contribution in [-0.4, -0.2) is 0 Å². The number of hydrogen-bond acceptors (Lipinski definition) is 3. The fourth-order valence-corrected chi connectivity index (χ4v) is 7.44. The van der Waals surface area contributed by atoms with Crippen LogP contribution in [0.5, 0.6) is 0 Å². The van der Waals surface area contributed by atoms with Crippen LogP contribution >= 0.6 is 0 Å². The van der Waals surface area contributed by atoms with Gasteiger partial charge in [-0.05, 0) is 58.7 Å². The highest BCUT2D eigenvalue weighted by atomic mass is 16.3. The summed E-state index contributed by atoms with van der Waals surface area (Å²) in [6.45, 7) is 0. The van der Waals surface area contributed by atoms with Crippen molar-refractivity contribution in [3.8, 4) is 22.3 Å². The first-order valence-electron chi connectivity index (χ1n) is 16.6. The Morgan fingerprint density at radius 3 is 1.78 bits per heavy atom. The number of rotatable bonds is 5. The molecule has 0 aliphatic carbocycles. The Morgan fingerprint density at radius 2 is 0.939 bits per heavy atom. The Kier molecular flexibility index (Phi) is 6.18. The van der Waals surface area contributed by atoms with Crippen LogP contribution in [0.2, 0.25) is 0 Å². The van der Waals surface area contributed by atoms with Gasteiger partial charge in [-0.2, -0.15) is 0 Å². The van der Waals surface area contributed by atoms with E-state index in [2.05, 4.69) is 169 Å². The van der Waals surface area contributed by atoms with Crippen LogP contribution < -0.4 is 4.90 Å². The lowest BCUT2D eigenvalue weighted by Crippen LogP contribution is -2.11.